The molecule has 0 aromatic carbocycles. The zero-order chi connectivity index (χ0) is 12.4. The van der Waals surface area contributed by atoms with Crippen molar-refractivity contribution in [3.05, 3.63) is 0 Å². The molecule has 2 saturated carbocycles. The fourth-order valence-corrected chi connectivity index (χ4v) is 3.63. The SMILES string of the molecule is CC1CCC(C(=O)C2CCCC(N)C2)CC1C. The van der Waals surface area contributed by atoms with E-state index in [-0.39, 0.29) is 12.0 Å². The standard InChI is InChI=1S/C15H27NO/c1-10-6-7-13(8-11(10)2)15(17)12-4-3-5-14(16)9-12/h10-14H,3-9,16H2,1-2H3. The van der Waals surface area contributed by atoms with E-state index in [9.17, 15) is 4.79 Å². The van der Waals surface area contributed by atoms with Crippen molar-refractivity contribution in [2.45, 2.75) is 64.8 Å². The first kappa shape index (κ1) is 13.1. The summed E-state index contributed by atoms with van der Waals surface area (Å²) in [7, 11) is 0. The Morgan fingerprint density at radius 3 is 2.29 bits per heavy atom. The maximum atomic E-state index is 12.5. The van der Waals surface area contributed by atoms with Crippen LogP contribution in [0.1, 0.15) is 58.8 Å². The molecule has 0 radical (unpaired) electrons. The van der Waals surface area contributed by atoms with Crippen LogP contribution >= 0.6 is 0 Å². The van der Waals surface area contributed by atoms with E-state index in [0.29, 0.717) is 11.7 Å². The molecule has 5 unspecified atom stereocenters. The second-order valence-electron chi connectivity index (χ2n) is 6.49. The first-order valence-electron chi connectivity index (χ1n) is 7.37. The van der Waals surface area contributed by atoms with Crippen LogP contribution in [-0.4, -0.2) is 11.8 Å². The van der Waals surface area contributed by atoms with Gasteiger partial charge in [-0.15, -0.1) is 0 Å². The lowest BCUT2D eigenvalue weighted by molar-refractivity contribution is -0.129. The Hall–Kier alpha value is -0.370. The third-order valence-electron chi connectivity index (χ3n) is 5.12. The first-order valence-corrected chi connectivity index (χ1v) is 7.37. The summed E-state index contributed by atoms with van der Waals surface area (Å²) >= 11 is 0. The van der Waals surface area contributed by atoms with E-state index in [4.69, 9.17) is 5.73 Å². The second kappa shape index (κ2) is 5.51. The van der Waals surface area contributed by atoms with Crippen LogP contribution in [0.2, 0.25) is 0 Å². The predicted octanol–water partition coefficient (Wildman–Crippen LogP) is 3.15. The van der Waals surface area contributed by atoms with Crippen LogP contribution in [0, 0.1) is 23.7 Å². The summed E-state index contributed by atoms with van der Waals surface area (Å²) < 4.78 is 0. The molecule has 2 rings (SSSR count). The van der Waals surface area contributed by atoms with E-state index in [0.717, 1.165) is 50.4 Å². The molecule has 0 spiro atoms. The zero-order valence-electron chi connectivity index (χ0n) is 11.3. The van der Waals surface area contributed by atoms with Crippen molar-refractivity contribution in [1.82, 2.24) is 0 Å². The average molecular weight is 237 g/mol. The quantitative estimate of drug-likeness (QED) is 0.801. The van der Waals surface area contributed by atoms with E-state index in [2.05, 4.69) is 13.8 Å². The molecule has 2 nitrogen and oxygen atoms in total. The van der Waals surface area contributed by atoms with Gasteiger partial charge in [0.15, 0.2) is 0 Å². The molecule has 0 aromatic rings. The molecule has 2 N–H and O–H groups in total. The van der Waals surface area contributed by atoms with Crippen molar-refractivity contribution in [2.24, 2.45) is 29.4 Å². The molecule has 2 aliphatic carbocycles. The van der Waals surface area contributed by atoms with Gasteiger partial charge in [0.05, 0.1) is 0 Å². The smallest absolute Gasteiger partial charge is 0.139 e. The summed E-state index contributed by atoms with van der Waals surface area (Å²) in [6.07, 6.45) is 7.77. The van der Waals surface area contributed by atoms with Crippen molar-refractivity contribution in [3.63, 3.8) is 0 Å². The Labute approximate surface area is 105 Å². The summed E-state index contributed by atoms with van der Waals surface area (Å²) in [4.78, 5) is 12.5. The van der Waals surface area contributed by atoms with Gasteiger partial charge in [0.1, 0.15) is 5.78 Å². The number of hydrogen-bond acceptors (Lipinski definition) is 2. The molecule has 5 atom stereocenters. The molecule has 0 aromatic heterocycles. The summed E-state index contributed by atoms with van der Waals surface area (Å²) in [5.74, 6) is 2.68. The second-order valence-corrected chi connectivity index (χ2v) is 6.49. The lowest BCUT2D eigenvalue weighted by atomic mass is 9.70. The van der Waals surface area contributed by atoms with Gasteiger partial charge in [0.2, 0.25) is 0 Å². The minimum atomic E-state index is 0.276. The van der Waals surface area contributed by atoms with Crippen molar-refractivity contribution < 1.29 is 4.79 Å². The van der Waals surface area contributed by atoms with Gasteiger partial charge in [-0.1, -0.05) is 20.3 Å². The molecule has 2 heteroatoms. The van der Waals surface area contributed by atoms with Crippen LogP contribution < -0.4 is 5.73 Å². The monoisotopic (exact) mass is 237 g/mol. The highest BCUT2D eigenvalue weighted by atomic mass is 16.1. The van der Waals surface area contributed by atoms with Crippen LogP contribution in [-0.2, 0) is 4.79 Å². The highest BCUT2D eigenvalue weighted by molar-refractivity contribution is 5.83. The Kier molecular flexibility index (Phi) is 4.24. The molecule has 0 amide bonds. The van der Waals surface area contributed by atoms with E-state index in [1.165, 1.54) is 6.42 Å². The van der Waals surface area contributed by atoms with Crippen LogP contribution in [0.3, 0.4) is 0 Å². The zero-order valence-corrected chi connectivity index (χ0v) is 11.3. The number of ketones is 1. The lowest BCUT2D eigenvalue weighted by Crippen LogP contribution is -2.36. The number of nitrogens with two attached hydrogens (primary N) is 1. The lowest BCUT2D eigenvalue weighted by Gasteiger charge is -2.34. The molecular weight excluding hydrogens is 210 g/mol. The fraction of sp³-hybridized carbons (Fsp3) is 0.933. The van der Waals surface area contributed by atoms with Gasteiger partial charge in [0, 0.05) is 17.9 Å². The normalized spacial score (nSPS) is 43.4. The van der Waals surface area contributed by atoms with Crippen molar-refractivity contribution >= 4 is 5.78 Å². The van der Waals surface area contributed by atoms with Gasteiger partial charge in [-0.3, -0.25) is 4.79 Å². The maximum Gasteiger partial charge on any atom is 0.139 e. The summed E-state index contributed by atoms with van der Waals surface area (Å²) in [5.41, 5.74) is 5.99. The molecule has 2 fully saturated rings. The third-order valence-corrected chi connectivity index (χ3v) is 5.12. The van der Waals surface area contributed by atoms with Crippen LogP contribution in [0.15, 0.2) is 0 Å². The van der Waals surface area contributed by atoms with Crippen molar-refractivity contribution in [2.75, 3.05) is 0 Å². The fourth-order valence-electron chi connectivity index (χ4n) is 3.63. The molecule has 0 aliphatic heterocycles. The van der Waals surface area contributed by atoms with E-state index in [1.807, 2.05) is 0 Å². The number of carbonyl (C=O) groups is 1. The number of carbonyl (C=O) groups excluding carboxylic acids is 1. The van der Waals surface area contributed by atoms with Crippen molar-refractivity contribution in [1.29, 1.82) is 0 Å². The van der Waals surface area contributed by atoms with Crippen LogP contribution in [0.4, 0.5) is 0 Å². The number of hydrogen-bond donors (Lipinski definition) is 1. The van der Waals surface area contributed by atoms with Gasteiger partial charge in [-0.05, 0) is 50.4 Å². The number of rotatable bonds is 2. The van der Waals surface area contributed by atoms with Gasteiger partial charge in [-0.25, -0.2) is 0 Å². The van der Waals surface area contributed by atoms with Crippen molar-refractivity contribution in [3.8, 4) is 0 Å². The summed E-state index contributed by atoms with van der Waals surface area (Å²) in [6, 6.07) is 0.276. The summed E-state index contributed by atoms with van der Waals surface area (Å²) in [6.45, 7) is 4.62. The molecule has 17 heavy (non-hydrogen) atoms. The van der Waals surface area contributed by atoms with Gasteiger partial charge in [-0.2, -0.15) is 0 Å². The Morgan fingerprint density at radius 2 is 1.65 bits per heavy atom. The van der Waals surface area contributed by atoms with Crippen LogP contribution in [0.5, 0.6) is 0 Å². The minimum Gasteiger partial charge on any atom is -0.328 e. The molecule has 98 valence electrons. The van der Waals surface area contributed by atoms with E-state index in [1.54, 1.807) is 0 Å². The number of Topliss-reactive ketones (excluding diaryl/α,β-unsaturated/α-hetero) is 1. The maximum absolute atomic E-state index is 12.5. The minimum absolute atomic E-state index is 0.276. The van der Waals surface area contributed by atoms with Gasteiger partial charge in [0.25, 0.3) is 0 Å². The summed E-state index contributed by atoms with van der Waals surface area (Å²) in [5, 5.41) is 0. The molecule has 0 bridgehead atoms. The Bertz CT molecular complexity index is 276. The topological polar surface area (TPSA) is 43.1 Å². The molecular formula is C15H27NO. The predicted molar refractivity (Wildman–Crippen MR) is 70.6 cm³/mol. The Morgan fingerprint density at radius 1 is 0.941 bits per heavy atom. The molecule has 2 aliphatic rings. The largest absolute Gasteiger partial charge is 0.328 e. The average Bonchev–Trinajstić information content (AvgIpc) is 2.32. The van der Waals surface area contributed by atoms with Crippen LogP contribution in [0.25, 0.3) is 0 Å². The van der Waals surface area contributed by atoms with E-state index < -0.39 is 0 Å². The third kappa shape index (κ3) is 3.09. The highest BCUT2D eigenvalue weighted by Crippen LogP contribution is 2.37. The first-order chi connectivity index (χ1) is 8.08. The van der Waals surface area contributed by atoms with Gasteiger partial charge >= 0.3 is 0 Å². The molecule has 0 heterocycles. The highest BCUT2D eigenvalue weighted by Gasteiger charge is 2.34. The Balaban J connectivity index is 1.91. The van der Waals surface area contributed by atoms with E-state index >= 15 is 0 Å². The van der Waals surface area contributed by atoms with Gasteiger partial charge < -0.3 is 5.73 Å². The molecule has 0 saturated heterocycles.